The highest BCUT2D eigenvalue weighted by atomic mass is 35.5. The summed E-state index contributed by atoms with van der Waals surface area (Å²) in [5.41, 5.74) is 6.82. The lowest BCUT2D eigenvalue weighted by molar-refractivity contribution is -0.138. The molecule has 3 nitrogen and oxygen atoms in total. The van der Waals surface area contributed by atoms with Crippen molar-refractivity contribution in [3.8, 4) is 0 Å². The van der Waals surface area contributed by atoms with Crippen molar-refractivity contribution in [2.45, 2.75) is 26.2 Å². The number of hydrogen-bond donors (Lipinski definition) is 2. The van der Waals surface area contributed by atoms with Crippen LogP contribution in [0.3, 0.4) is 0 Å². The molecule has 0 aliphatic carbocycles. The second-order valence-electron chi connectivity index (χ2n) is 4.87. The monoisotopic (exact) mass is 269 g/mol. The Morgan fingerprint density at radius 3 is 2.50 bits per heavy atom. The molecule has 0 aromatic heterocycles. The van der Waals surface area contributed by atoms with E-state index in [1.807, 2.05) is 24.3 Å². The standard InChI is InChI=1S/C14H20ClNO2/c1-10(7-12(9-16)8-14(17)18)6-11-2-4-13(15)5-3-11/h2-5,10,12H,6-9,16H2,1H3,(H,17,18)/t10?,12-/m0/s1. The van der Waals surface area contributed by atoms with E-state index in [0.717, 1.165) is 17.9 Å². The summed E-state index contributed by atoms with van der Waals surface area (Å²) in [4.78, 5) is 10.7. The smallest absolute Gasteiger partial charge is 0.303 e. The van der Waals surface area contributed by atoms with Gasteiger partial charge in [0.2, 0.25) is 0 Å². The molecule has 0 amide bonds. The number of hydrogen-bond acceptors (Lipinski definition) is 2. The lowest BCUT2D eigenvalue weighted by Crippen LogP contribution is -2.21. The number of carbonyl (C=O) groups is 1. The zero-order valence-electron chi connectivity index (χ0n) is 10.6. The fourth-order valence-corrected chi connectivity index (χ4v) is 2.31. The highest BCUT2D eigenvalue weighted by Gasteiger charge is 2.15. The maximum absolute atomic E-state index is 10.7. The number of aliphatic carboxylic acids is 1. The average Bonchev–Trinajstić information content (AvgIpc) is 2.30. The van der Waals surface area contributed by atoms with E-state index in [4.69, 9.17) is 22.4 Å². The third kappa shape index (κ3) is 5.52. The van der Waals surface area contributed by atoms with Gasteiger partial charge in [-0.3, -0.25) is 4.79 Å². The number of benzene rings is 1. The van der Waals surface area contributed by atoms with Crippen LogP contribution in [-0.4, -0.2) is 17.6 Å². The molecule has 0 saturated carbocycles. The topological polar surface area (TPSA) is 63.3 Å². The second-order valence-corrected chi connectivity index (χ2v) is 5.31. The van der Waals surface area contributed by atoms with Crippen LogP contribution in [0.15, 0.2) is 24.3 Å². The summed E-state index contributed by atoms with van der Waals surface area (Å²) in [6, 6.07) is 7.77. The summed E-state index contributed by atoms with van der Waals surface area (Å²) in [7, 11) is 0. The van der Waals surface area contributed by atoms with Crippen LogP contribution < -0.4 is 5.73 Å². The quantitative estimate of drug-likeness (QED) is 0.800. The van der Waals surface area contributed by atoms with Crippen molar-refractivity contribution in [3.63, 3.8) is 0 Å². The molecule has 1 unspecified atom stereocenters. The zero-order chi connectivity index (χ0) is 13.5. The van der Waals surface area contributed by atoms with E-state index in [9.17, 15) is 4.79 Å². The predicted molar refractivity (Wildman–Crippen MR) is 73.7 cm³/mol. The van der Waals surface area contributed by atoms with Gasteiger partial charge in [0.15, 0.2) is 0 Å². The third-order valence-corrected chi connectivity index (χ3v) is 3.28. The number of halogens is 1. The molecule has 0 aliphatic rings. The van der Waals surface area contributed by atoms with Crippen LogP contribution in [0.4, 0.5) is 0 Å². The van der Waals surface area contributed by atoms with Gasteiger partial charge in [0, 0.05) is 11.4 Å². The van der Waals surface area contributed by atoms with E-state index in [1.165, 1.54) is 5.56 Å². The summed E-state index contributed by atoms with van der Waals surface area (Å²) >= 11 is 5.83. The molecule has 4 heteroatoms. The van der Waals surface area contributed by atoms with E-state index in [0.29, 0.717) is 12.5 Å². The van der Waals surface area contributed by atoms with Crippen LogP contribution in [0.1, 0.15) is 25.3 Å². The zero-order valence-corrected chi connectivity index (χ0v) is 11.4. The Hall–Kier alpha value is -1.06. The number of carboxylic acid groups (broad SMARTS) is 1. The van der Waals surface area contributed by atoms with Crippen molar-refractivity contribution in [2.75, 3.05) is 6.54 Å². The molecule has 0 heterocycles. The fourth-order valence-electron chi connectivity index (χ4n) is 2.19. The van der Waals surface area contributed by atoms with E-state index in [-0.39, 0.29) is 12.3 Å². The van der Waals surface area contributed by atoms with Gasteiger partial charge in [-0.25, -0.2) is 0 Å². The Kier molecular flexibility index (Phi) is 6.16. The van der Waals surface area contributed by atoms with E-state index >= 15 is 0 Å². The summed E-state index contributed by atoms with van der Waals surface area (Å²) in [6.07, 6.45) is 1.92. The molecule has 0 spiro atoms. The van der Waals surface area contributed by atoms with Gasteiger partial charge in [0.05, 0.1) is 0 Å². The van der Waals surface area contributed by atoms with Crippen molar-refractivity contribution in [3.05, 3.63) is 34.9 Å². The van der Waals surface area contributed by atoms with Crippen LogP contribution in [0, 0.1) is 11.8 Å². The van der Waals surface area contributed by atoms with Gasteiger partial charge in [-0.2, -0.15) is 0 Å². The first-order valence-corrected chi connectivity index (χ1v) is 6.55. The molecule has 1 aromatic rings. The highest BCUT2D eigenvalue weighted by Crippen LogP contribution is 2.20. The molecule has 0 radical (unpaired) electrons. The number of carboxylic acids is 1. The van der Waals surface area contributed by atoms with Crippen LogP contribution in [0.2, 0.25) is 5.02 Å². The minimum Gasteiger partial charge on any atom is -0.481 e. The third-order valence-electron chi connectivity index (χ3n) is 3.03. The molecule has 0 fully saturated rings. The summed E-state index contributed by atoms with van der Waals surface area (Å²) in [6.45, 7) is 2.55. The van der Waals surface area contributed by atoms with E-state index in [2.05, 4.69) is 6.92 Å². The molecular formula is C14H20ClNO2. The Bertz CT molecular complexity index is 378. The van der Waals surface area contributed by atoms with Gasteiger partial charge >= 0.3 is 5.97 Å². The molecule has 3 N–H and O–H groups in total. The molecule has 18 heavy (non-hydrogen) atoms. The van der Waals surface area contributed by atoms with Crippen LogP contribution >= 0.6 is 11.6 Å². The Morgan fingerprint density at radius 1 is 1.39 bits per heavy atom. The SMILES string of the molecule is CC(Cc1ccc(Cl)cc1)C[C@H](CN)CC(=O)O. The van der Waals surface area contributed by atoms with Gasteiger partial charge in [-0.05, 0) is 48.9 Å². The van der Waals surface area contributed by atoms with Gasteiger partial charge in [-0.1, -0.05) is 30.7 Å². The molecule has 0 bridgehead atoms. The first kappa shape index (κ1) is 15.0. The molecule has 2 atom stereocenters. The second kappa shape index (κ2) is 7.39. The van der Waals surface area contributed by atoms with Crippen molar-refractivity contribution >= 4 is 17.6 Å². The Morgan fingerprint density at radius 2 is 2.00 bits per heavy atom. The fraction of sp³-hybridized carbons (Fsp3) is 0.500. The number of nitrogens with two attached hydrogens (primary N) is 1. The van der Waals surface area contributed by atoms with E-state index in [1.54, 1.807) is 0 Å². The van der Waals surface area contributed by atoms with Crippen molar-refractivity contribution < 1.29 is 9.90 Å². The Labute approximate surface area is 113 Å². The van der Waals surface area contributed by atoms with Crippen molar-refractivity contribution in [1.82, 2.24) is 0 Å². The Balaban J connectivity index is 2.46. The van der Waals surface area contributed by atoms with Gasteiger partial charge < -0.3 is 10.8 Å². The molecule has 100 valence electrons. The first-order valence-electron chi connectivity index (χ1n) is 6.17. The molecule has 1 aromatic carbocycles. The minimum atomic E-state index is -0.774. The van der Waals surface area contributed by atoms with Crippen molar-refractivity contribution in [1.29, 1.82) is 0 Å². The lowest BCUT2D eigenvalue weighted by Gasteiger charge is -2.18. The molecule has 0 aliphatic heterocycles. The van der Waals surface area contributed by atoms with Crippen LogP contribution in [0.25, 0.3) is 0 Å². The lowest BCUT2D eigenvalue weighted by atomic mass is 9.89. The van der Waals surface area contributed by atoms with Crippen LogP contribution in [0.5, 0.6) is 0 Å². The van der Waals surface area contributed by atoms with Gasteiger partial charge in [0.25, 0.3) is 0 Å². The normalized spacial score (nSPS) is 14.2. The average molecular weight is 270 g/mol. The summed E-state index contributed by atoms with van der Waals surface area (Å²) in [5.74, 6) is -0.298. The molecular weight excluding hydrogens is 250 g/mol. The van der Waals surface area contributed by atoms with Gasteiger partial charge in [0.1, 0.15) is 0 Å². The highest BCUT2D eigenvalue weighted by molar-refractivity contribution is 6.30. The minimum absolute atomic E-state index is 0.0600. The molecule has 0 saturated heterocycles. The number of rotatable bonds is 7. The molecule has 1 rings (SSSR count). The van der Waals surface area contributed by atoms with Gasteiger partial charge in [-0.15, -0.1) is 0 Å². The summed E-state index contributed by atoms with van der Waals surface area (Å²) < 4.78 is 0. The van der Waals surface area contributed by atoms with Crippen molar-refractivity contribution in [2.24, 2.45) is 17.6 Å². The largest absolute Gasteiger partial charge is 0.481 e. The maximum atomic E-state index is 10.7. The van der Waals surface area contributed by atoms with Crippen LogP contribution in [-0.2, 0) is 11.2 Å². The van der Waals surface area contributed by atoms with E-state index < -0.39 is 5.97 Å². The summed E-state index contributed by atoms with van der Waals surface area (Å²) in [5, 5.41) is 9.51. The predicted octanol–water partition coefficient (Wildman–Crippen LogP) is 2.96. The maximum Gasteiger partial charge on any atom is 0.303 e. The first-order chi connectivity index (χ1) is 8.51.